The van der Waals surface area contributed by atoms with Gasteiger partial charge in [0.25, 0.3) is 5.91 Å². The SMILES string of the molecule is Cc1ccc(C(C(=O)Nc2c(C)cccc2Cl)N(C(=O)C(CC(C)C)NC(=O)OC(C)(C)C)C2CC2)cc1C. The molecule has 1 fully saturated rings. The second-order valence-corrected chi connectivity index (χ2v) is 12.4. The van der Waals surface area contributed by atoms with E-state index in [1.54, 1.807) is 31.7 Å². The fourth-order valence-electron chi connectivity index (χ4n) is 4.55. The second kappa shape index (κ2) is 12.4. The van der Waals surface area contributed by atoms with Gasteiger partial charge in [0.1, 0.15) is 17.7 Å². The van der Waals surface area contributed by atoms with Gasteiger partial charge in [0.15, 0.2) is 0 Å². The van der Waals surface area contributed by atoms with E-state index in [1.807, 2.05) is 65.0 Å². The summed E-state index contributed by atoms with van der Waals surface area (Å²) in [4.78, 5) is 42.7. The van der Waals surface area contributed by atoms with E-state index in [2.05, 4.69) is 10.6 Å². The number of amides is 3. The van der Waals surface area contributed by atoms with Crippen LogP contribution in [0.3, 0.4) is 0 Å². The highest BCUT2D eigenvalue weighted by Crippen LogP contribution is 2.38. The average Bonchev–Trinajstić information content (AvgIpc) is 3.64. The van der Waals surface area contributed by atoms with Gasteiger partial charge in [-0.3, -0.25) is 9.59 Å². The number of alkyl carbamates (subject to hydrolysis) is 1. The third-order valence-electron chi connectivity index (χ3n) is 6.73. The van der Waals surface area contributed by atoms with Crippen molar-refractivity contribution < 1.29 is 19.1 Å². The first-order chi connectivity index (χ1) is 18.2. The van der Waals surface area contributed by atoms with Gasteiger partial charge >= 0.3 is 6.09 Å². The molecule has 2 unspecified atom stereocenters. The maximum atomic E-state index is 14.3. The number of aryl methyl sites for hydroxylation is 3. The maximum absolute atomic E-state index is 14.3. The van der Waals surface area contributed by atoms with Crippen molar-refractivity contribution in [3.63, 3.8) is 0 Å². The molecule has 0 radical (unpaired) electrons. The van der Waals surface area contributed by atoms with Crippen LogP contribution in [0.25, 0.3) is 0 Å². The lowest BCUT2D eigenvalue weighted by atomic mass is 9.96. The Hall–Kier alpha value is -3.06. The molecule has 1 aliphatic carbocycles. The molecule has 0 heterocycles. The number of nitrogens with zero attached hydrogens (tertiary/aromatic N) is 1. The summed E-state index contributed by atoms with van der Waals surface area (Å²) >= 11 is 6.45. The van der Waals surface area contributed by atoms with E-state index in [1.165, 1.54) is 0 Å². The molecule has 2 N–H and O–H groups in total. The van der Waals surface area contributed by atoms with E-state index in [9.17, 15) is 14.4 Å². The Labute approximate surface area is 237 Å². The molecular weight excluding hydrogens is 514 g/mol. The smallest absolute Gasteiger partial charge is 0.408 e. The number of ether oxygens (including phenoxy) is 1. The molecule has 0 saturated heterocycles. The third-order valence-corrected chi connectivity index (χ3v) is 7.05. The largest absolute Gasteiger partial charge is 0.444 e. The van der Waals surface area contributed by atoms with Crippen LogP contribution in [0, 0.1) is 26.7 Å². The first kappa shape index (κ1) is 30.5. The van der Waals surface area contributed by atoms with E-state index in [0.717, 1.165) is 29.5 Å². The number of para-hydroxylation sites is 1. The lowest BCUT2D eigenvalue weighted by Gasteiger charge is -2.35. The zero-order valence-electron chi connectivity index (χ0n) is 24.4. The molecule has 212 valence electrons. The van der Waals surface area contributed by atoms with E-state index < -0.39 is 23.8 Å². The predicted molar refractivity (Wildman–Crippen MR) is 156 cm³/mol. The standard InChI is InChI=1S/C31H42ClN3O4/c1-18(2)16-25(33-30(38)39-31(6,7)8)29(37)35(23-14-15-23)27(22-13-12-19(3)21(5)17-22)28(36)34-26-20(4)10-9-11-24(26)32/h9-13,17-18,23,25,27H,14-16H2,1-8H3,(H,33,38)(H,34,36). The summed E-state index contributed by atoms with van der Waals surface area (Å²) in [6.45, 7) is 15.2. The summed E-state index contributed by atoms with van der Waals surface area (Å²) in [6, 6.07) is 9.38. The summed E-state index contributed by atoms with van der Waals surface area (Å²) in [5, 5.41) is 6.23. The molecule has 39 heavy (non-hydrogen) atoms. The summed E-state index contributed by atoms with van der Waals surface area (Å²) in [5.41, 5.74) is 3.46. The van der Waals surface area contributed by atoms with Gasteiger partial charge in [0.05, 0.1) is 10.7 Å². The quantitative estimate of drug-likeness (QED) is 0.353. The van der Waals surface area contributed by atoms with Crippen molar-refractivity contribution in [2.24, 2.45) is 5.92 Å². The van der Waals surface area contributed by atoms with Crippen LogP contribution in [0.15, 0.2) is 36.4 Å². The molecule has 7 nitrogen and oxygen atoms in total. The van der Waals surface area contributed by atoms with E-state index >= 15 is 0 Å². The topological polar surface area (TPSA) is 87.7 Å². The minimum Gasteiger partial charge on any atom is -0.444 e. The molecule has 2 aromatic carbocycles. The molecule has 1 saturated carbocycles. The lowest BCUT2D eigenvalue weighted by Crippen LogP contribution is -2.53. The summed E-state index contributed by atoms with van der Waals surface area (Å²) in [7, 11) is 0. The van der Waals surface area contributed by atoms with Crippen LogP contribution >= 0.6 is 11.6 Å². The van der Waals surface area contributed by atoms with Gasteiger partial charge in [-0.25, -0.2) is 4.79 Å². The van der Waals surface area contributed by atoms with Crippen molar-refractivity contribution in [2.75, 3.05) is 5.32 Å². The van der Waals surface area contributed by atoms with Crippen LogP contribution in [-0.2, 0) is 14.3 Å². The van der Waals surface area contributed by atoms with Crippen molar-refractivity contribution in [3.8, 4) is 0 Å². The summed E-state index contributed by atoms with van der Waals surface area (Å²) in [5.74, 6) is -0.531. The second-order valence-electron chi connectivity index (χ2n) is 12.0. The van der Waals surface area contributed by atoms with Crippen LogP contribution in [-0.4, -0.2) is 40.5 Å². The molecular formula is C31H42ClN3O4. The average molecular weight is 556 g/mol. The van der Waals surface area contributed by atoms with Crippen molar-refractivity contribution in [1.82, 2.24) is 10.2 Å². The minimum absolute atomic E-state index is 0.114. The van der Waals surface area contributed by atoms with Crippen molar-refractivity contribution in [3.05, 3.63) is 63.7 Å². The zero-order valence-corrected chi connectivity index (χ0v) is 25.1. The van der Waals surface area contributed by atoms with Gasteiger partial charge in [-0.2, -0.15) is 0 Å². The number of halogens is 1. The normalized spacial score (nSPS) is 14.9. The van der Waals surface area contributed by atoms with E-state index in [0.29, 0.717) is 22.7 Å². The van der Waals surface area contributed by atoms with Crippen LogP contribution in [0.4, 0.5) is 10.5 Å². The Morgan fingerprint density at radius 3 is 2.23 bits per heavy atom. The number of nitrogens with one attached hydrogen (secondary N) is 2. The molecule has 3 amide bonds. The highest BCUT2D eigenvalue weighted by Gasteiger charge is 2.44. The number of carbonyl (C=O) groups is 3. The van der Waals surface area contributed by atoms with Gasteiger partial charge < -0.3 is 20.3 Å². The molecule has 2 aromatic rings. The molecule has 0 spiro atoms. The van der Waals surface area contributed by atoms with Crippen LogP contribution in [0.5, 0.6) is 0 Å². The van der Waals surface area contributed by atoms with Gasteiger partial charge in [-0.1, -0.05) is 55.8 Å². The van der Waals surface area contributed by atoms with Crippen LogP contribution < -0.4 is 10.6 Å². The highest BCUT2D eigenvalue weighted by atomic mass is 35.5. The third kappa shape index (κ3) is 8.21. The van der Waals surface area contributed by atoms with Crippen LogP contribution in [0.2, 0.25) is 5.02 Å². The van der Waals surface area contributed by atoms with Crippen molar-refractivity contribution in [2.45, 2.75) is 98.4 Å². The number of anilines is 1. The van der Waals surface area contributed by atoms with Gasteiger partial charge in [0.2, 0.25) is 5.91 Å². The minimum atomic E-state index is -0.907. The predicted octanol–water partition coefficient (Wildman–Crippen LogP) is 6.88. The van der Waals surface area contributed by atoms with Gasteiger partial charge in [0, 0.05) is 6.04 Å². The molecule has 3 rings (SSSR count). The fraction of sp³-hybridized carbons (Fsp3) is 0.516. The molecule has 0 aliphatic heterocycles. The molecule has 0 bridgehead atoms. The number of hydrogen-bond donors (Lipinski definition) is 2. The van der Waals surface area contributed by atoms with Crippen molar-refractivity contribution >= 4 is 35.2 Å². The Kier molecular flexibility index (Phi) is 9.70. The zero-order chi connectivity index (χ0) is 29.1. The van der Waals surface area contributed by atoms with Gasteiger partial charge in [-0.05, 0) is 95.0 Å². The Morgan fingerprint density at radius 2 is 1.69 bits per heavy atom. The van der Waals surface area contributed by atoms with Crippen LogP contribution in [0.1, 0.15) is 82.2 Å². The summed E-state index contributed by atoms with van der Waals surface area (Å²) < 4.78 is 5.47. The Balaban J connectivity index is 2.05. The van der Waals surface area contributed by atoms with Gasteiger partial charge in [-0.15, -0.1) is 0 Å². The molecule has 8 heteroatoms. The summed E-state index contributed by atoms with van der Waals surface area (Å²) in [6.07, 6.45) is 1.32. The molecule has 1 aliphatic rings. The number of hydrogen-bond acceptors (Lipinski definition) is 4. The van der Waals surface area contributed by atoms with Crippen molar-refractivity contribution in [1.29, 1.82) is 0 Å². The number of benzene rings is 2. The Bertz CT molecular complexity index is 1200. The molecule has 2 atom stereocenters. The maximum Gasteiger partial charge on any atom is 0.408 e. The monoisotopic (exact) mass is 555 g/mol. The lowest BCUT2D eigenvalue weighted by molar-refractivity contribution is -0.141. The van der Waals surface area contributed by atoms with E-state index in [4.69, 9.17) is 16.3 Å². The molecule has 0 aromatic heterocycles. The first-order valence-electron chi connectivity index (χ1n) is 13.6. The number of rotatable bonds is 9. The Morgan fingerprint density at radius 1 is 1.03 bits per heavy atom. The first-order valence-corrected chi connectivity index (χ1v) is 14.0. The number of carbonyl (C=O) groups excluding carboxylic acids is 3. The van der Waals surface area contributed by atoms with E-state index in [-0.39, 0.29) is 23.8 Å². The highest BCUT2D eigenvalue weighted by molar-refractivity contribution is 6.34. The fourth-order valence-corrected chi connectivity index (χ4v) is 4.82.